The van der Waals surface area contributed by atoms with Crippen LogP contribution in [-0.2, 0) is 29.5 Å². The molecule has 11 heteroatoms. The number of fused-ring (bicyclic) bond motifs is 2. The van der Waals surface area contributed by atoms with Gasteiger partial charge in [-0.1, -0.05) is 19.1 Å². The summed E-state index contributed by atoms with van der Waals surface area (Å²) >= 11 is 0. The molecule has 46 heavy (non-hydrogen) atoms. The Balaban J connectivity index is 1.64. The molecule has 11 nitrogen and oxygen atoms in total. The number of nitriles is 1. The molecule has 1 aliphatic carbocycles. The van der Waals surface area contributed by atoms with Gasteiger partial charge in [-0.3, -0.25) is 14.4 Å². The quantitative estimate of drug-likeness (QED) is 0.383. The van der Waals surface area contributed by atoms with Crippen molar-refractivity contribution < 1.29 is 18.8 Å². The molecule has 5 rings (SSSR count). The predicted octanol–water partition coefficient (Wildman–Crippen LogP) is 3.35. The number of hydrogen-bond acceptors (Lipinski definition) is 8. The van der Waals surface area contributed by atoms with Crippen molar-refractivity contribution in [3.05, 3.63) is 81.6 Å². The van der Waals surface area contributed by atoms with E-state index in [1.807, 2.05) is 50.2 Å². The van der Waals surface area contributed by atoms with Crippen LogP contribution in [0.2, 0.25) is 0 Å². The number of aryl methyl sites for hydroxylation is 3. The molecule has 2 aromatic carbocycles. The van der Waals surface area contributed by atoms with Crippen molar-refractivity contribution >= 4 is 17.7 Å². The Morgan fingerprint density at radius 3 is 2.11 bits per heavy atom. The summed E-state index contributed by atoms with van der Waals surface area (Å²) < 4.78 is 6.40. The van der Waals surface area contributed by atoms with Gasteiger partial charge in [0.15, 0.2) is 0 Å². The van der Waals surface area contributed by atoms with Gasteiger partial charge in [-0.25, -0.2) is 0 Å². The van der Waals surface area contributed by atoms with Gasteiger partial charge in [0.1, 0.15) is 11.5 Å². The largest absolute Gasteiger partial charge is 0.424 e. The first-order chi connectivity index (χ1) is 22.0. The molecule has 1 fully saturated rings. The van der Waals surface area contributed by atoms with E-state index in [0.29, 0.717) is 61.6 Å². The highest BCUT2D eigenvalue weighted by Gasteiger charge is 2.47. The normalized spacial score (nSPS) is 17.3. The molecule has 3 amide bonds. The van der Waals surface area contributed by atoms with Gasteiger partial charge in [0.05, 0.1) is 12.6 Å². The number of hydrogen-bond donors (Lipinski definition) is 1. The van der Waals surface area contributed by atoms with Crippen LogP contribution in [-0.4, -0.2) is 96.0 Å². The lowest BCUT2D eigenvalue weighted by molar-refractivity contribution is -0.130. The molecule has 1 aliphatic heterocycles. The summed E-state index contributed by atoms with van der Waals surface area (Å²) in [7, 11) is 6.94. The van der Waals surface area contributed by atoms with E-state index in [9.17, 15) is 19.6 Å². The van der Waals surface area contributed by atoms with Gasteiger partial charge in [-0.15, -0.1) is 10.2 Å². The Morgan fingerprint density at radius 1 is 1.02 bits per heavy atom. The van der Waals surface area contributed by atoms with Crippen molar-refractivity contribution in [3.8, 4) is 6.07 Å². The van der Waals surface area contributed by atoms with E-state index >= 15 is 0 Å². The molecular weight excluding hydrogens is 582 g/mol. The number of carbonyl (C=O) groups is 3. The number of nitrogens with zero attached hydrogens (tertiary/aromatic N) is 6. The molecule has 242 valence electrons. The highest BCUT2D eigenvalue weighted by atomic mass is 16.4. The SMILES string of the molecule is CCc1nnc(C2(C[C@H](C)NCC(=O)N3CCC[C@H]3C#N)c3ccc(C(=O)N(C)C)cc3CCc3cc(C(=O)N(C)C)ccc32)o1. The third-order valence-corrected chi connectivity index (χ3v) is 9.17. The molecule has 0 saturated carbocycles. The van der Waals surface area contributed by atoms with Crippen molar-refractivity contribution in [2.24, 2.45) is 0 Å². The van der Waals surface area contributed by atoms with Crippen molar-refractivity contribution in [2.45, 2.75) is 69.9 Å². The van der Waals surface area contributed by atoms with Gasteiger partial charge >= 0.3 is 0 Å². The second kappa shape index (κ2) is 13.4. The Bertz CT molecular complexity index is 1600. The van der Waals surface area contributed by atoms with E-state index in [2.05, 4.69) is 21.6 Å². The number of benzene rings is 2. The standard InChI is InChI=1S/C35H43N7O4/c1-7-30-38-39-34(46-30)35(19-22(2)37-21-31(43)42-16-8-9-27(42)20-36)28-14-12-25(32(44)40(3)4)17-23(28)10-11-24-18-26(13-15-29(24)35)33(45)41(5)6/h12-15,17-18,22,27,37H,7-11,16,19,21H2,1-6H3/t22-,27-/m0/s1. The molecule has 2 aliphatic rings. The summed E-state index contributed by atoms with van der Waals surface area (Å²) in [4.78, 5) is 44.0. The minimum absolute atomic E-state index is 0.0890. The first kappa shape index (κ1) is 32.8. The summed E-state index contributed by atoms with van der Waals surface area (Å²) in [5, 5.41) is 21.9. The molecule has 1 aromatic heterocycles. The molecule has 2 atom stereocenters. The predicted molar refractivity (Wildman–Crippen MR) is 172 cm³/mol. The van der Waals surface area contributed by atoms with Crippen LogP contribution in [0.4, 0.5) is 0 Å². The lowest BCUT2D eigenvalue weighted by Gasteiger charge is -2.36. The first-order valence-corrected chi connectivity index (χ1v) is 16.0. The average molecular weight is 626 g/mol. The van der Waals surface area contributed by atoms with Crippen molar-refractivity contribution in [2.75, 3.05) is 41.3 Å². The molecule has 0 radical (unpaired) electrons. The van der Waals surface area contributed by atoms with Crippen molar-refractivity contribution in [3.63, 3.8) is 0 Å². The van der Waals surface area contributed by atoms with E-state index < -0.39 is 5.41 Å². The first-order valence-electron chi connectivity index (χ1n) is 16.0. The summed E-state index contributed by atoms with van der Waals surface area (Å²) in [6.45, 7) is 4.66. The fraction of sp³-hybridized carbons (Fsp3) is 0.486. The molecule has 0 spiro atoms. The van der Waals surface area contributed by atoms with Gasteiger partial charge in [-0.2, -0.15) is 5.26 Å². The maximum atomic E-state index is 13.2. The zero-order valence-electron chi connectivity index (χ0n) is 27.6. The lowest BCUT2D eigenvalue weighted by atomic mass is 9.68. The van der Waals surface area contributed by atoms with Crippen LogP contribution >= 0.6 is 0 Å². The average Bonchev–Trinajstić information content (AvgIpc) is 3.72. The van der Waals surface area contributed by atoms with Crippen molar-refractivity contribution in [1.82, 2.24) is 30.2 Å². The highest BCUT2D eigenvalue weighted by Crippen LogP contribution is 2.48. The Hall–Kier alpha value is -4.56. The molecule has 0 bridgehead atoms. The number of rotatable bonds is 9. The maximum Gasteiger partial charge on any atom is 0.253 e. The monoisotopic (exact) mass is 625 g/mol. The Morgan fingerprint density at radius 2 is 1.61 bits per heavy atom. The lowest BCUT2D eigenvalue weighted by Crippen LogP contribution is -2.45. The van der Waals surface area contributed by atoms with Crippen LogP contribution in [0.3, 0.4) is 0 Å². The van der Waals surface area contributed by atoms with Crippen LogP contribution in [0.1, 0.15) is 87.9 Å². The molecule has 1 N–H and O–H groups in total. The number of carbonyl (C=O) groups excluding carboxylic acids is 3. The molecule has 2 heterocycles. The fourth-order valence-corrected chi connectivity index (χ4v) is 6.83. The van der Waals surface area contributed by atoms with E-state index in [1.54, 1.807) is 42.9 Å². The van der Waals surface area contributed by atoms with Crippen LogP contribution < -0.4 is 5.32 Å². The molecule has 1 saturated heterocycles. The van der Waals surface area contributed by atoms with Crippen molar-refractivity contribution in [1.29, 1.82) is 5.26 Å². The zero-order chi connectivity index (χ0) is 33.2. The maximum absolute atomic E-state index is 13.2. The minimum Gasteiger partial charge on any atom is -0.424 e. The molecule has 0 unspecified atom stereocenters. The van der Waals surface area contributed by atoms with Gasteiger partial charge in [0, 0.05) is 58.3 Å². The van der Waals surface area contributed by atoms with E-state index in [1.165, 1.54) is 0 Å². The fourth-order valence-electron chi connectivity index (χ4n) is 6.83. The van der Waals surface area contributed by atoms with Crippen LogP contribution in [0.15, 0.2) is 40.8 Å². The minimum atomic E-state index is -0.945. The van der Waals surface area contributed by atoms with E-state index in [0.717, 1.165) is 28.7 Å². The third-order valence-electron chi connectivity index (χ3n) is 9.17. The third kappa shape index (κ3) is 6.14. The summed E-state index contributed by atoms with van der Waals surface area (Å²) in [6.07, 6.45) is 3.81. The van der Waals surface area contributed by atoms with Crippen LogP contribution in [0.5, 0.6) is 0 Å². The zero-order valence-corrected chi connectivity index (χ0v) is 27.6. The number of amides is 3. The van der Waals surface area contributed by atoms with Gasteiger partial charge in [0.25, 0.3) is 11.8 Å². The summed E-state index contributed by atoms with van der Waals surface area (Å²) in [5.74, 6) is 0.651. The molecular formula is C35H43N7O4. The van der Waals surface area contributed by atoms with E-state index in [4.69, 9.17) is 4.42 Å². The summed E-state index contributed by atoms with van der Waals surface area (Å²) in [5.41, 5.74) is 4.09. The second-order valence-electron chi connectivity index (χ2n) is 12.8. The highest BCUT2D eigenvalue weighted by molar-refractivity contribution is 5.95. The van der Waals surface area contributed by atoms with Gasteiger partial charge < -0.3 is 24.4 Å². The number of nitrogens with one attached hydrogen (secondary N) is 1. The summed E-state index contributed by atoms with van der Waals surface area (Å²) in [6, 6.07) is 13.2. The second-order valence-corrected chi connectivity index (χ2v) is 12.8. The number of aromatic nitrogens is 2. The topological polar surface area (TPSA) is 136 Å². The van der Waals surface area contributed by atoms with Crippen LogP contribution in [0.25, 0.3) is 0 Å². The van der Waals surface area contributed by atoms with E-state index in [-0.39, 0.29) is 36.3 Å². The Labute approximate surface area is 270 Å². The van der Waals surface area contributed by atoms with Gasteiger partial charge in [-0.05, 0) is 85.5 Å². The van der Waals surface area contributed by atoms with Gasteiger partial charge in [0.2, 0.25) is 17.7 Å². The Kier molecular flexibility index (Phi) is 9.58. The number of likely N-dealkylation sites (tertiary alicyclic amines) is 1. The molecule has 3 aromatic rings. The van der Waals surface area contributed by atoms with Crippen LogP contribution in [0, 0.1) is 11.3 Å². The smallest absolute Gasteiger partial charge is 0.253 e.